The highest BCUT2D eigenvalue weighted by Gasteiger charge is 2.24. The summed E-state index contributed by atoms with van der Waals surface area (Å²) >= 11 is 12.5. The minimum Gasteiger partial charge on any atom is -0.464 e. The Labute approximate surface area is 222 Å². The van der Waals surface area contributed by atoms with Gasteiger partial charge in [-0.1, -0.05) is 47.5 Å². The normalized spacial score (nSPS) is 11.4. The molecule has 196 valence electrons. The minimum atomic E-state index is -0.971. The Hall–Kier alpha value is -3.83. The molecule has 0 saturated carbocycles. The molecule has 0 spiro atoms. The number of hydrogen-bond donors (Lipinski definition) is 3. The number of carbonyl (C=O) groups is 2. The first-order chi connectivity index (χ1) is 17.8. The fourth-order valence-corrected chi connectivity index (χ4v) is 3.88. The van der Waals surface area contributed by atoms with Gasteiger partial charge in [0.15, 0.2) is 0 Å². The summed E-state index contributed by atoms with van der Waals surface area (Å²) in [4.78, 5) is 47.0. The summed E-state index contributed by atoms with van der Waals surface area (Å²) in [5, 5.41) is 16.1. The van der Waals surface area contributed by atoms with Crippen LogP contribution in [0.25, 0.3) is 0 Å². The zero-order valence-corrected chi connectivity index (χ0v) is 21.1. The summed E-state index contributed by atoms with van der Waals surface area (Å²) in [6, 6.07) is 11.3. The van der Waals surface area contributed by atoms with E-state index < -0.39 is 23.0 Å². The van der Waals surface area contributed by atoms with E-state index in [1.165, 1.54) is 6.33 Å². The van der Waals surface area contributed by atoms with Gasteiger partial charge in [-0.15, -0.1) is 10.1 Å². The van der Waals surface area contributed by atoms with E-state index in [4.69, 9.17) is 27.9 Å². The maximum absolute atomic E-state index is 13.0. The van der Waals surface area contributed by atoms with Crippen molar-refractivity contribution in [3.05, 3.63) is 86.4 Å². The van der Waals surface area contributed by atoms with E-state index in [1.54, 1.807) is 42.6 Å². The highest BCUT2D eigenvalue weighted by Crippen LogP contribution is 2.33. The lowest BCUT2D eigenvalue weighted by Gasteiger charge is -2.18. The molecule has 37 heavy (non-hydrogen) atoms. The van der Waals surface area contributed by atoms with Crippen LogP contribution in [0.5, 0.6) is 0 Å². The van der Waals surface area contributed by atoms with Crippen molar-refractivity contribution < 1.29 is 24.3 Å². The summed E-state index contributed by atoms with van der Waals surface area (Å²) in [5.41, 5.74) is 2.45. The standard InChI is InChI=1S/C24H25Cl2N5O6/c25-18-7-5-8-19(26)23(18)30-20-9-2-1-6-16(20)12-22(32)29-21(13-17-14-27-15-28-17)24(33)36-10-3-4-11-37-31(34)35/h1-2,5-9,14-15,21,30H,3-4,10-13H2,(H,27,28)(H,29,32). The van der Waals surface area contributed by atoms with Crippen molar-refractivity contribution in [1.82, 2.24) is 15.3 Å². The molecule has 13 heteroatoms. The molecule has 1 aromatic heterocycles. The van der Waals surface area contributed by atoms with Gasteiger partial charge >= 0.3 is 5.97 Å². The number of amides is 1. The van der Waals surface area contributed by atoms with Crippen molar-refractivity contribution in [2.75, 3.05) is 18.5 Å². The second-order valence-corrected chi connectivity index (χ2v) is 8.70. The van der Waals surface area contributed by atoms with Crippen molar-refractivity contribution in [1.29, 1.82) is 0 Å². The molecular formula is C24H25Cl2N5O6. The fraction of sp³-hybridized carbons (Fsp3) is 0.292. The monoisotopic (exact) mass is 549 g/mol. The van der Waals surface area contributed by atoms with Crippen molar-refractivity contribution >= 4 is 46.5 Å². The van der Waals surface area contributed by atoms with Gasteiger partial charge in [-0.05, 0) is 36.6 Å². The number of aromatic amines is 1. The van der Waals surface area contributed by atoms with Crippen molar-refractivity contribution in [3.63, 3.8) is 0 Å². The molecule has 1 amide bonds. The van der Waals surface area contributed by atoms with Gasteiger partial charge in [0, 0.05) is 24.0 Å². The molecule has 0 aliphatic rings. The maximum Gasteiger partial charge on any atom is 0.329 e. The highest BCUT2D eigenvalue weighted by atomic mass is 35.5. The molecule has 1 atom stereocenters. The summed E-state index contributed by atoms with van der Waals surface area (Å²) in [7, 11) is 0. The number of H-pyrrole nitrogens is 1. The molecular weight excluding hydrogens is 525 g/mol. The number of ether oxygens (including phenoxy) is 1. The molecule has 1 heterocycles. The van der Waals surface area contributed by atoms with Gasteiger partial charge in [0.05, 0.1) is 41.7 Å². The number of carbonyl (C=O) groups excluding carboxylic acids is 2. The number of benzene rings is 2. The average molecular weight is 550 g/mol. The third kappa shape index (κ3) is 8.96. The number of unbranched alkanes of at least 4 members (excludes halogenated alkanes) is 1. The van der Waals surface area contributed by atoms with E-state index in [1.807, 2.05) is 6.07 Å². The van der Waals surface area contributed by atoms with Crippen LogP contribution in [0.1, 0.15) is 24.1 Å². The first-order valence-corrected chi connectivity index (χ1v) is 12.1. The average Bonchev–Trinajstić information content (AvgIpc) is 3.37. The van der Waals surface area contributed by atoms with E-state index in [0.29, 0.717) is 45.5 Å². The fourth-order valence-electron chi connectivity index (χ4n) is 3.39. The van der Waals surface area contributed by atoms with E-state index in [2.05, 4.69) is 25.4 Å². The quantitative estimate of drug-likeness (QED) is 0.117. The Morgan fingerprint density at radius 1 is 1.08 bits per heavy atom. The van der Waals surface area contributed by atoms with Crippen molar-refractivity contribution in [2.24, 2.45) is 0 Å². The van der Waals surface area contributed by atoms with E-state index in [9.17, 15) is 19.7 Å². The topological polar surface area (TPSA) is 148 Å². The van der Waals surface area contributed by atoms with Gasteiger partial charge in [-0.2, -0.15) is 0 Å². The summed E-state index contributed by atoms with van der Waals surface area (Å²) in [5.74, 6) is -1.03. The number of imidazole rings is 1. The summed E-state index contributed by atoms with van der Waals surface area (Å²) in [6.07, 6.45) is 3.84. The predicted molar refractivity (Wildman–Crippen MR) is 137 cm³/mol. The Balaban J connectivity index is 1.63. The lowest BCUT2D eigenvalue weighted by atomic mass is 10.1. The van der Waals surface area contributed by atoms with E-state index in [0.717, 1.165) is 0 Å². The predicted octanol–water partition coefficient (Wildman–Crippen LogP) is 4.26. The molecule has 3 rings (SSSR count). The second-order valence-electron chi connectivity index (χ2n) is 7.89. The van der Waals surface area contributed by atoms with Crippen LogP contribution in [-0.2, 0) is 32.0 Å². The van der Waals surface area contributed by atoms with Gasteiger partial charge in [-0.25, -0.2) is 9.78 Å². The van der Waals surface area contributed by atoms with E-state index >= 15 is 0 Å². The Kier molecular flexibility index (Phi) is 10.5. The first-order valence-electron chi connectivity index (χ1n) is 11.3. The zero-order chi connectivity index (χ0) is 26.6. The van der Waals surface area contributed by atoms with Crippen molar-refractivity contribution in [2.45, 2.75) is 31.7 Å². The molecule has 11 nitrogen and oxygen atoms in total. The van der Waals surface area contributed by atoms with Gasteiger partial charge in [0.2, 0.25) is 5.91 Å². The van der Waals surface area contributed by atoms with Crippen LogP contribution < -0.4 is 10.6 Å². The number of nitrogens with zero attached hydrogens (tertiary/aromatic N) is 2. The summed E-state index contributed by atoms with van der Waals surface area (Å²) in [6.45, 7) is -0.0632. The molecule has 0 fully saturated rings. The molecule has 0 bridgehead atoms. The van der Waals surface area contributed by atoms with Crippen LogP contribution >= 0.6 is 23.2 Å². The number of aromatic nitrogens is 2. The lowest BCUT2D eigenvalue weighted by Crippen LogP contribution is -2.44. The smallest absolute Gasteiger partial charge is 0.329 e. The van der Waals surface area contributed by atoms with Crippen LogP contribution in [0, 0.1) is 10.1 Å². The molecule has 0 aliphatic heterocycles. The second kappa shape index (κ2) is 14.0. The highest BCUT2D eigenvalue weighted by molar-refractivity contribution is 6.39. The van der Waals surface area contributed by atoms with Gasteiger partial charge in [-0.3, -0.25) is 4.79 Å². The van der Waals surface area contributed by atoms with E-state index in [-0.39, 0.29) is 26.1 Å². The molecule has 1 unspecified atom stereocenters. The van der Waals surface area contributed by atoms with Gasteiger partial charge in [0.1, 0.15) is 6.04 Å². The molecule has 0 aliphatic carbocycles. The minimum absolute atomic E-state index is 0.0284. The van der Waals surface area contributed by atoms with Gasteiger partial charge < -0.3 is 25.2 Å². The Morgan fingerprint density at radius 2 is 1.81 bits per heavy atom. The van der Waals surface area contributed by atoms with Crippen molar-refractivity contribution in [3.8, 4) is 0 Å². The number of nitrogens with one attached hydrogen (secondary N) is 3. The van der Waals surface area contributed by atoms with Crippen LogP contribution in [-0.4, -0.2) is 46.2 Å². The number of halogens is 2. The molecule has 3 N–H and O–H groups in total. The van der Waals surface area contributed by atoms with Crippen LogP contribution in [0.15, 0.2) is 55.0 Å². The number of para-hydroxylation sites is 2. The SMILES string of the molecule is O=C(Cc1ccccc1Nc1c(Cl)cccc1Cl)NC(Cc1cnc[nH]1)C(=O)OCCCCO[N+](=O)[O-]. The Bertz CT molecular complexity index is 1190. The molecule has 2 aromatic carbocycles. The zero-order valence-electron chi connectivity index (χ0n) is 19.6. The number of esters is 1. The van der Waals surface area contributed by atoms with Crippen LogP contribution in [0.3, 0.4) is 0 Å². The third-order valence-electron chi connectivity index (χ3n) is 5.17. The Morgan fingerprint density at radius 3 is 2.51 bits per heavy atom. The maximum atomic E-state index is 13.0. The number of anilines is 2. The van der Waals surface area contributed by atoms with Crippen LogP contribution in [0.4, 0.5) is 11.4 Å². The largest absolute Gasteiger partial charge is 0.464 e. The third-order valence-corrected chi connectivity index (χ3v) is 5.80. The summed E-state index contributed by atoms with van der Waals surface area (Å²) < 4.78 is 5.29. The lowest BCUT2D eigenvalue weighted by molar-refractivity contribution is -0.757. The number of hydrogen-bond acceptors (Lipinski definition) is 8. The number of rotatable bonds is 14. The van der Waals surface area contributed by atoms with Crippen LogP contribution in [0.2, 0.25) is 10.0 Å². The first kappa shape index (κ1) is 27.8. The van der Waals surface area contributed by atoms with Gasteiger partial charge in [0.25, 0.3) is 5.09 Å². The molecule has 0 radical (unpaired) electrons. The molecule has 0 saturated heterocycles. The molecule has 3 aromatic rings.